The first-order valence-electron chi connectivity index (χ1n) is 5.45. The van der Waals surface area contributed by atoms with Crippen LogP contribution in [0.4, 0.5) is 5.69 Å². The molecule has 0 radical (unpaired) electrons. The summed E-state index contributed by atoms with van der Waals surface area (Å²) in [6, 6.07) is 7.15. The van der Waals surface area contributed by atoms with Crippen molar-refractivity contribution in [3.8, 4) is 0 Å². The second kappa shape index (κ2) is 4.90. The van der Waals surface area contributed by atoms with Gasteiger partial charge in [-0.2, -0.15) is 0 Å². The third-order valence-corrected chi connectivity index (χ3v) is 3.52. The fourth-order valence-corrected chi connectivity index (χ4v) is 2.19. The average Bonchev–Trinajstić information content (AvgIpc) is 3.04. The van der Waals surface area contributed by atoms with E-state index in [1.807, 2.05) is 6.07 Å². The Balaban J connectivity index is 1.89. The van der Waals surface area contributed by atoms with E-state index in [-0.39, 0.29) is 0 Å². The van der Waals surface area contributed by atoms with Crippen molar-refractivity contribution >= 4 is 17.4 Å². The number of rotatable bonds is 5. The molecule has 0 saturated heterocycles. The van der Waals surface area contributed by atoms with Gasteiger partial charge in [-0.25, -0.2) is 0 Å². The molecular weight excluding hydrogens is 204 g/mol. The summed E-state index contributed by atoms with van der Waals surface area (Å²) < 4.78 is 0. The van der Waals surface area contributed by atoms with Gasteiger partial charge in [-0.1, -0.05) is 6.07 Å². The van der Waals surface area contributed by atoms with Gasteiger partial charge >= 0.3 is 0 Å². The predicted octanol–water partition coefficient (Wildman–Crippen LogP) is 2.29. The van der Waals surface area contributed by atoms with E-state index in [2.05, 4.69) is 23.7 Å². The van der Waals surface area contributed by atoms with Crippen molar-refractivity contribution < 1.29 is 0 Å². The van der Waals surface area contributed by atoms with E-state index in [0.29, 0.717) is 0 Å². The van der Waals surface area contributed by atoms with Crippen LogP contribution in [0.3, 0.4) is 0 Å². The molecule has 1 aliphatic rings. The first kappa shape index (κ1) is 10.8. The summed E-state index contributed by atoms with van der Waals surface area (Å²) in [6.07, 6.45) is 5.89. The molecule has 0 spiro atoms. The molecule has 3 N–H and O–H groups in total. The van der Waals surface area contributed by atoms with Crippen molar-refractivity contribution in [1.82, 2.24) is 5.32 Å². The van der Waals surface area contributed by atoms with Gasteiger partial charge in [0.25, 0.3) is 0 Å². The Kier molecular flexibility index (Phi) is 3.54. The van der Waals surface area contributed by atoms with E-state index in [0.717, 1.165) is 24.7 Å². The van der Waals surface area contributed by atoms with Crippen LogP contribution in [0.2, 0.25) is 0 Å². The highest BCUT2D eigenvalue weighted by molar-refractivity contribution is 7.98. The molecule has 15 heavy (non-hydrogen) atoms. The summed E-state index contributed by atoms with van der Waals surface area (Å²) in [5.74, 6) is 0. The number of nitrogens with one attached hydrogen (secondary N) is 1. The normalized spacial score (nSPS) is 15.5. The lowest BCUT2D eigenvalue weighted by Gasteiger charge is -2.07. The molecule has 0 amide bonds. The van der Waals surface area contributed by atoms with Crippen molar-refractivity contribution in [3.63, 3.8) is 0 Å². The summed E-state index contributed by atoms with van der Waals surface area (Å²) >= 11 is 1.72. The maximum Gasteiger partial charge on any atom is 0.0452 e. The van der Waals surface area contributed by atoms with Crippen LogP contribution in [0, 0.1) is 0 Å². The van der Waals surface area contributed by atoms with E-state index >= 15 is 0 Å². The summed E-state index contributed by atoms with van der Waals surface area (Å²) in [7, 11) is 0. The van der Waals surface area contributed by atoms with E-state index in [1.54, 1.807) is 11.8 Å². The topological polar surface area (TPSA) is 38.0 Å². The van der Waals surface area contributed by atoms with Crippen molar-refractivity contribution in [3.05, 3.63) is 23.8 Å². The summed E-state index contributed by atoms with van der Waals surface area (Å²) in [6.45, 7) is 1.09. The minimum atomic E-state index is 0.804. The SMILES string of the molecule is CSc1cc(CCNC2CC2)ccc1N. The number of hydrogen-bond donors (Lipinski definition) is 2. The molecule has 1 aromatic carbocycles. The predicted molar refractivity (Wildman–Crippen MR) is 67.4 cm³/mol. The van der Waals surface area contributed by atoms with Crippen LogP contribution >= 0.6 is 11.8 Å². The first-order valence-corrected chi connectivity index (χ1v) is 6.68. The summed E-state index contributed by atoms with van der Waals surface area (Å²) in [5, 5.41) is 3.52. The number of benzene rings is 1. The fourth-order valence-electron chi connectivity index (χ4n) is 1.62. The Bertz CT molecular complexity index is 334. The molecule has 0 atom stereocenters. The summed E-state index contributed by atoms with van der Waals surface area (Å²) in [5.41, 5.74) is 8.12. The smallest absolute Gasteiger partial charge is 0.0452 e. The zero-order valence-corrected chi connectivity index (χ0v) is 9.94. The van der Waals surface area contributed by atoms with Crippen LogP contribution < -0.4 is 11.1 Å². The van der Waals surface area contributed by atoms with Crippen molar-refractivity contribution in [2.75, 3.05) is 18.5 Å². The van der Waals surface area contributed by atoms with E-state index in [9.17, 15) is 0 Å². The molecule has 2 nitrogen and oxygen atoms in total. The lowest BCUT2D eigenvalue weighted by molar-refractivity contribution is 0.681. The highest BCUT2D eigenvalue weighted by Crippen LogP contribution is 2.24. The lowest BCUT2D eigenvalue weighted by atomic mass is 10.1. The number of anilines is 1. The van der Waals surface area contributed by atoms with Gasteiger partial charge in [0.2, 0.25) is 0 Å². The molecule has 0 unspecified atom stereocenters. The van der Waals surface area contributed by atoms with Gasteiger partial charge < -0.3 is 11.1 Å². The highest BCUT2D eigenvalue weighted by Gasteiger charge is 2.19. The monoisotopic (exact) mass is 222 g/mol. The van der Waals surface area contributed by atoms with Gasteiger partial charge in [-0.3, -0.25) is 0 Å². The van der Waals surface area contributed by atoms with Crippen molar-refractivity contribution in [1.29, 1.82) is 0 Å². The van der Waals surface area contributed by atoms with Crippen LogP contribution in [0.25, 0.3) is 0 Å². The molecular formula is C12H18N2S. The second-order valence-electron chi connectivity index (χ2n) is 4.05. The highest BCUT2D eigenvalue weighted by atomic mass is 32.2. The number of thioether (sulfide) groups is 1. The maximum absolute atomic E-state index is 5.85. The molecule has 1 saturated carbocycles. The van der Waals surface area contributed by atoms with E-state index in [4.69, 9.17) is 5.73 Å². The van der Waals surface area contributed by atoms with Crippen LogP contribution in [0.1, 0.15) is 18.4 Å². The van der Waals surface area contributed by atoms with Crippen LogP contribution in [-0.2, 0) is 6.42 Å². The third-order valence-electron chi connectivity index (χ3n) is 2.72. The minimum Gasteiger partial charge on any atom is -0.398 e. The second-order valence-corrected chi connectivity index (χ2v) is 4.90. The Hall–Kier alpha value is -0.670. The van der Waals surface area contributed by atoms with Gasteiger partial charge in [0.15, 0.2) is 0 Å². The zero-order chi connectivity index (χ0) is 10.7. The summed E-state index contributed by atoms with van der Waals surface area (Å²) in [4.78, 5) is 1.19. The maximum atomic E-state index is 5.85. The number of hydrogen-bond acceptors (Lipinski definition) is 3. The third kappa shape index (κ3) is 3.14. The minimum absolute atomic E-state index is 0.804. The Labute approximate surface area is 95.6 Å². The standard InChI is InChI=1S/C12H18N2S/c1-15-12-8-9(2-5-11(12)13)6-7-14-10-3-4-10/h2,5,8,10,14H,3-4,6-7,13H2,1H3. The lowest BCUT2D eigenvalue weighted by Crippen LogP contribution is -2.19. The van der Waals surface area contributed by atoms with Crippen molar-refractivity contribution in [2.24, 2.45) is 0 Å². The molecule has 0 aliphatic heterocycles. The molecule has 82 valence electrons. The van der Waals surface area contributed by atoms with Crippen LogP contribution in [0.15, 0.2) is 23.1 Å². The Morgan fingerprint density at radius 2 is 2.27 bits per heavy atom. The quantitative estimate of drug-likeness (QED) is 0.593. The molecule has 2 rings (SSSR count). The van der Waals surface area contributed by atoms with E-state index < -0.39 is 0 Å². The van der Waals surface area contributed by atoms with Crippen LogP contribution in [0.5, 0.6) is 0 Å². The van der Waals surface area contributed by atoms with Gasteiger partial charge in [0.1, 0.15) is 0 Å². The molecule has 3 heteroatoms. The largest absolute Gasteiger partial charge is 0.398 e. The molecule has 1 fully saturated rings. The molecule has 0 aromatic heterocycles. The van der Waals surface area contributed by atoms with Gasteiger partial charge in [-0.15, -0.1) is 11.8 Å². The van der Waals surface area contributed by atoms with Gasteiger partial charge in [0, 0.05) is 16.6 Å². The Morgan fingerprint density at radius 1 is 1.47 bits per heavy atom. The Morgan fingerprint density at radius 3 is 2.93 bits per heavy atom. The fraction of sp³-hybridized carbons (Fsp3) is 0.500. The zero-order valence-electron chi connectivity index (χ0n) is 9.12. The molecule has 0 heterocycles. The number of nitrogens with two attached hydrogens (primary N) is 1. The van der Waals surface area contributed by atoms with Crippen LogP contribution in [-0.4, -0.2) is 18.8 Å². The van der Waals surface area contributed by atoms with Gasteiger partial charge in [-0.05, 0) is 49.8 Å². The van der Waals surface area contributed by atoms with E-state index in [1.165, 1.54) is 23.3 Å². The van der Waals surface area contributed by atoms with Crippen molar-refractivity contribution in [2.45, 2.75) is 30.2 Å². The van der Waals surface area contributed by atoms with Gasteiger partial charge in [0.05, 0.1) is 0 Å². The molecule has 1 aromatic rings. The average molecular weight is 222 g/mol. The molecule has 1 aliphatic carbocycles. The number of nitrogen functional groups attached to an aromatic ring is 1. The molecule has 0 bridgehead atoms. The first-order chi connectivity index (χ1) is 7.29.